The number of hydrogen-bond acceptors (Lipinski definition) is 5. The Morgan fingerprint density at radius 3 is 2.48 bits per heavy atom. The summed E-state index contributed by atoms with van der Waals surface area (Å²) in [7, 11) is 3.08. The van der Waals surface area contributed by atoms with E-state index in [0.29, 0.717) is 22.8 Å². The summed E-state index contributed by atoms with van der Waals surface area (Å²) in [5, 5.41) is 2.80. The van der Waals surface area contributed by atoms with Crippen LogP contribution in [0.25, 0.3) is 11.3 Å². The van der Waals surface area contributed by atoms with Gasteiger partial charge in [0.15, 0.2) is 0 Å². The van der Waals surface area contributed by atoms with Gasteiger partial charge in [-0.15, -0.1) is 0 Å². The van der Waals surface area contributed by atoms with Crippen LogP contribution in [-0.4, -0.2) is 24.2 Å². The summed E-state index contributed by atoms with van der Waals surface area (Å²) in [6.07, 6.45) is -2.90. The van der Waals surface area contributed by atoms with Crippen molar-refractivity contribution >= 4 is 11.6 Å². The standard InChI is InChI=1S/C19H16F3N3O2/c1-26-14-6-7-15(17(11-14)27-2)16-8-9-23-18(25-16)24-13-5-3-4-12(10-13)19(20,21)22/h3-11H,1-2H3,(H,23,24,25). The van der Waals surface area contributed by atoms with E-state index in [4.69, 9.17) is 9.47 Å². The quantitative estimate of drug-likeness (QED) is 0.686. The molecular weight excluding hydrogens is 359 g/mol. The first-order valence-corrected chi connectivity index (χ1v) is 7.90. The van der Waals surface area contributed by atoms with Gasteiger partial charge in [0.2, 0.25) is 5.95 Å². The number of nitrogens with one attached hydrogen (secondary N) is 1. The summed E-state index contributed by atoms with van der Waals surface area (Å²) in [4.78, 5) is 8.44. The van der Waals surface area contributed by atoms with Crippen LogP contribution in [0.4, 0.5) is 24.8 Å². The van der Waals surface area contributed by atoms with Gasteiger partial charge in [0.05, 0.1) is 25.5 Å². The lowest BCUT2D eigenvalue weighted by atomic mass is 10.1. The minimum absolute atomic E-state index is 0.171. The second-order valence-corrected chi connectivity index (χ2v) is 5.54. The Kier molecular flexibility index (Phi) is 5.16. The Hall–Kier alpha value is -3.29. The van der Waals surface area contributed by atoms with E-state index in [0.717, 1.165) is 12.1 Å². The molecule has 0 amide bonds. The second kappa shape index (κ2) is 7.53. The minimum Gasteiger partial charge on any atom is -0.497 e. The number of rotatable bonds is 5. The van der Waals surface area contributed by atoms with Crippen molar-refractivity contribution in [1.29, 1.82) is 0 Å². The monoisotopic (exact) mass is 375 g/mol. The molecule has 1 heterocycles. The zero-order valence-electron chi connectivity index (χ0n) is 14.5. The van der Waals surface area contributed by atoms with E-state index in [-0.39, 0.29) is 11.6 Å². The molecule has 0 aliphatic heterocycles. The molecule has 0 unspecified atom stereocenters. The van der Waals surface area contributed by atoms with Crippen LogP contribution in [0.15, 0.2) is 54.7 Å². The fourth-order valence-corrected chi connectivity index (χ4v) is 2.48. The summed E-state index contributed by atoms with van der Waals surface area (Å²) in [5.41, 5.74) is 0.746. The highest BCUT2D eigenvalue weighted by Crippen LogP contribution is 2.33. The van der Waals surface area contributed by atoms with Crippen LogP contribution in [0.5, 0.6) is 11.5 Å². The Morgan fingerprint density at radius 1 is 0.963 bits per heavy atom. The smallest absolute Gasteiger partial charge is 0.416 e. The number of alkyl halides is 3. The first kappa shape index (κ1) is 18.5. The number of methoxy groups -OCH3 is 2. The van der Waals surface area contributed by atoms with Crippen LogP contribution in [-0.2, 0) is 6.18 Å². The number of anilines is 2. The molecule has 0 radical (unpaired) electrons. The lowest BCUT2D eigenvalue weighted by Gasteiger charge is -2.12. The lowest BCUT2D eigenvalue weighted by Crippen LogP contribution is -2.05. The third-order valence-corrected chi connectivity index (χ3v) is 3.79. The van der Waals surface area contributed by atoms with E-state index in [1.807, 2.05) is 0 Å². The van der Waals surface area contributed by atoms with E-state index < -0.39 is 11.7 Å². The first-order chi connectivity index (χ1) is 12.9. The number of ether oxygens (including phenoxy) is 2. The fraction of sp³-hybridized carbons (Fsp3) is 0.158. The maximum Gasteiger partial charge on any atom is 0.416 e. The predicted octanol–water partition coefficient (Wildman–Crippen LogP) is 4.92. The Balaban J connectivity index is 1.91. The van der Waals surface area contributed by atoms with Crippen molar-refractivity contribution in [2.24, 2.45) is 0 Å². The Labute approximate surface area is 153 Å². The topological polar surface area (TPSA) is 56.3 Å². The molecule has 1 aromatic heterocycles. The molecule has 140 valence electrons. The van der Waals surface area contributed by atoms with Crippen LogP contribution in [0.3, 0.4) is 0 Å². The average Bonchev–Trinajstić information content (AvgIpc) is 2.67. The molecule has 0 fully saturated rings. The molecule has 0 saturated carbocycles. The highest BCUT2D eigenvalue weighted by molar-refractivity contribution is 5.69. The second-order valence-electron chi connectivity index (χ2n) is 5.54. The third-order valence-electron chi connectivity index (χ3n) is 3.79. The van der Waals surface area contributed by atoms with Gasteiger partial charge >= 0.3 is 6.18 Å². The highest BCUT2D eigenvalue weighted by Gasteiger charge is 2.30. The van der Waals surface area contributed by atoms with E-state index in [9.17, 15) is 13.2 Å². The van der Waals surface area contributed by atoms with Gasteiger partial charge in [0, 0.05) is 23.5 Å². The maximum absolute atomic E-state index is 12.9. The van der Waals surface area contributed by atoms with Gasteiger partial charge in [-0.05, 0) is 36.4 Å². The van der Waals surface area contributed by atoms with Gasteiger partial charge in [-0.3, -0.25) is 0 Å². The fourth-order valence-electron chi connectivity index (χ4n) is 2.48. The molecule has 3 rings (SSSR count). The molecule has 3 aromatic rings. The molecular formula is C19H16F3N3O2. The van der Waals surface area contributed by atoms with Gasteiger partial charge in [-0.1, -0.05) is 6.07 Å². The van der Waals surface area contributed by atoms with Crippen molar-refractivity contribution in [3.63, 3.8) is 0 Å². The third kappa shape index (κ3) is 4.28. The van der Waals surface area contributed by atoms with Crippen LogP contribution in [0.2, 0.25) is 0 Å². The molecule has 0 aliphatic rings. The molecule has 1 N–H and O–H groups in total. The number of halogens is 3. The Bertz CT molecular complexity index is 945. The van der Waals surface area contributed by atoms with Crippen molar-refractivity contribution in [3.8, 4) is 22.8 Å². The SMILES string of the molecule is COc1ccc(-c2ccnc(Nc3cccc(C(F)(F)F)c3)n2)c(OC)c1. The maximum atomic E-state index is 12.9. The highest BCUT2D eigenvalue weighted by atomic mass is 19.4. The number of nitrogens with zero attached hydrogens (tertiary/aromatic N) is 2. The first-order valence-electron chi connectivity index (χ1n) is 7.90. The lowest BCUT2D eigenvalue weighted by molar-refractivity contribution is -0.137. The zero-order chi connectivity index (χ0) is 19.4. The molecule has 0 spiro atoms. The van der Waals surface area contributed by atoms with E-state index in [2.05, 4.69) is 15.3 Å². The van der Waals surface area contributed by atoms with Gasteiger partial charge in [0.1, 0.15) is 11.5 Å². The van der Waals surface area contributed by atoms with Gasteiger partial charge in [-0.25, -0.2) is 9.97 Å². The average molecular weight is 375 g/mol. The molecule has 0 atom stereocenters. The van der Waals surface area contributed by atoms with Gasteiger partial charge in [0.25, 0.3) is 0 Å². The van der Waals surface area contributed by atoms with Crippen LogP contribution in [0.1, 0.15) is 5.56 Å². The molecule has 0 saturated heterocycles. The van der Waals surface area contributed by atoms with Crippen molar-refractivity contribution in [2.45, 2.75) is 6.18 Å². The van der Waals surface area contributed by atoms with Crippen molar-refractivity contribution in [1.82, 2.24) is 9.97 Å². The molecule has 5 nitrogen and oxygen atoms in total. The summed E-state index contributed by atoms with van der Waals surface area (Å²) in [5.74, 6) is 1.36. The van der Waals surface area contributed by atoms with Crippen molar-refractivity contribution < 1.29 is 22.6 Å². The summed E-state index contributed by atoms with van der Waals surface area (Å²) in [6, 6.07) is 11.8. The van der Waals surface area contributed by atoms with E-state index >= 15 is 0 Å². The van der Waals surface area contributed by atoms with Crippen LogP contribution < -0.4 is 14.8 Å². The molecule has 2 aromatic carbocycles. The van der Waals surface area contributed by atoms with Crippen LogP contribution >= 0.6 is 0 Å². The number of aromatic nitrogens is 2. The number of hydrogen-bond donors (Lipinski definition) is 1. The minimum atomic E-state index is -4.42. The molecule has 27 heavy (non-hydrogen) atoms. The van der Waals surface area contributed by atoms with Crippen molar-refractivity contribution in [2.75, 3.05) is 19.5 Å². The Morgan fingerprint density at radius 2 is 1.78 bits per heavy atom. The van der Waals surface area contributed by atoms with Gasteiger partial charge < -0.3 is 14.8 Å². The molecule has 8 heteroatoms. The molecule has 0 bridgehead atoms. The van der Waals surface area contributed by atoms with E-state index in [1.165, 1.54) is 25.4 Å². The van der Waals surface area contributed by atoms with Gasteiger partial charge in [-0.2, -0.15) is 13.2 Å². The summed E-state index contributed by atoms with van der Waals surface area (Å²) in [6.45, 7) is 0. The van der Waals surface area contributed by atoms with Crippen LogP contribution in [0, 0.1) is 0 Å². The summed E-state index contributed by atoms with van der Waals surface area (Å²) >= 11 is 0. The van der Waals surface area contributed by atoms with Crippen molar-refractivity contribution in [3.05, 3.63) is 60.3 Å². The zero-order valence-corrected chi connectivity index (χ0v) is 14.5. The normalized spacial score (nSPS) is 11.1. The predicted molar refractivity (Wildman–Crippen MR) is 95.3 cm³/mol. The number of benzene rings is 2. The summed E-state index contributed by atoms with van der Waals surface area (Å²) < 4.78 is 49.1. The largest absolute Gasteiger partial charge is 0.497 e. The molecule has 0 aliphatic carbocycles. The van der Waals surface area contributed by atoms with E-state index in [1.54, 1.807) is 31.4 Å².